The Morgan fingerprint density at radius 3 is 2.64 bits per heavy atom. The van der Waals surface area contributed by atoms with E-state index in [-0.39, 0.29) is 36.9 Å². The Balaban J connectivity index is 0.00000337. The molecular weight excluding hydrogens is 635 g/mol. The van der Waals surface area contributed by atoms with Gasteiger partial charge in [0.25, 0.3) is 6.33 Å². The fourth-order valence-electron chi connectivity index (χ4n) is 4.35. The lowest BCUT2D eigenvalue weighted by molar-refractivity contribution is -0.753. The molecule has 3 atom stereocenters. The van der Waals surface area contributed by atoms with Crippen LogP contribution in [0.25, 0.3) is 11.3 Å². The van der Waals surface area contributed by atoms with Crippen LogP contribution in [-0.2, 0) is 16.9 Å². The van der Waals surface area contributed by atoms with Crippen LogP contribution >= 0.6 is 23.7 Å². The number of nitrogens with zero attached hydrogens (tertiary/aromatic N) is 6. The van der Waals surface area contributed by atoms with E-state index >= 15 is 4.39 Å². The number of rotatable bonds is 11. The molecule has 3 unspecified atom stereocenters. The van der Waals surface area contributed by atoms with E-state index in [1.54, 1.807) is 57.6 Å². The lowest BCUT2D eigenvalue weighted by Gasteiger charge is -2.32. The van der Waals surface area contributed by atoms with Gasteiger partial charge in [-0.15, -0.1) is 28.4 Å². The first kappa shape index (κ1) is 36.5. The van der Waals surface area contributed by atoms with Crippen molar-refractivity contribution in [2.45, 2.75) is 38.1 Å². The lowest BCUT2D eigenvalue weighted by Crippen LogP contribution is -3.00. The normalized spacial score (nSPS) is 13.4. The van der Waals surface area contributed by atoms with Crippen molar-refractivity contribution >= 4 is 29.8 Å². The van der Waals surface area contributed by atoms with E-state index in [0.29, 0.717) is 29.4 Å². The van der Waals surface area contributed by atoms with Gasteiger partial charge in [-0.2, -0.15) is 9.83 Å². The number of carbonyl (C=O) groups is 1. The van der Waals surface area contributed by atoms with Gasteiger partial charge in [0.2, 0.25) is 12.6 Å². The summed E-state index contributed by atoms with van der Waals surface area (Å²) in [7, 11) is 3.41. The highest BCUT2D eigenvalue weighted by Gasteiger charge is 2.43. The first-order valence-electron chi connectivity index (χ1n) is 13.2. The second-order valence-corrected chi connectivity index (χ2v) is 10.8. The van der Waals surface area contributed by atoms with Gasteiger partial charge in [-0.25, -0.2) is 18.6 Å². The van der Waals surface area contributed by atoms with Gasteiger partial charge in [0.1, 0.15) is 23.8 Å². The highest BCUT2D eigenvalue weighted by atomic mass is 35.5. The van der Waals surface area contributed by atoms with E-state index in [1.165, 1.54) is 38.1 Å². The second-order valence-electron chi connectivity index (χ2n) is 9.93. The van der Waals surface area contributed by atoms with E-state index in [0.717, 1.165) is 23.8 Å². The van der Waals surface area contributed by atoms with Crippen LogP contribution in [-0.4, -0.2) is 58.0 Å². The average molecular weight is 669 g/mol. The summed E-state index contributed by atoms with van der Waals surface area (Å²) in [6, 6.07) is 11.9. The van der Waals surface area contributed by atoms with Crippen molar-refractivity contribution in [1.29, 1.82) is 5.26 Å². The lowest BCUT2D eigenvalue weighted by atomic mass is 9.82. The minimum atomic E-state index is -1.97. The van der Waals surface area contributed by atoms with Crippen molar-refractivity contribution in [2.24, 2.45) is 0 Å². The zero-order valence-electron chi connectivity index (χ0n) is 24.4. The SMILES string of the molecule is CNCCN(C)C(=O)OC(C)[n+]1cnn(CC(O)(c2cc(F)ccc2F)C(C)c2nc(-c3ccc(C#N)cc3)cs2)c1.Cl.[Cl-]. The molecule has 0 aliphatic rings. The monoisotopic (exact) mass is 667 g/mol. The summed E-state index contributed by atoms with van der Waals surface area (Å²) < 4.78 is 37.9. The molecule has 236 valence electrons. The quantitative estimate of drug-likeness (QED) is 0.232. The Morgan fingerprint density at radius 1 is 1.27 bits per heavy atom. The number of thiazole rings is 1. The zero-order chi connectivity index (χ0) is 30.4. The molecule has 2 heterocycles. The molecule has 2 aromatic heterocycles. The van der Waals surface area contributed by atoms with Crippen LogP contribution in [0.4, 0.5) is 13.6 Å². The summed E-state index contributed by atoms with van der Waals surface area (Å²) in [5.41, 5.74) is -0.292. The van der Waals surface area contributed by atoms with Gasteiger partial charge in [0.05, 0.1) is 22.3 Å². The summed E-state index contributed by atoms with van der Waals surface area (Å²) in [5.74, 6) is -2.27. The van der Waals surface area contributed by atoms with E-state index in [2.05, 4.69) is 21.5 Å². The molecule has 44 heavy (non-hydrogen) atoms. The number of aromatic nitrogens is 4. The summed E-state index contributed by atoms with van der Waals surface area (Å²) in [6.07, 6.45) is 1.69. The molecule has 0 aliphatic carbocycles. The largest absolute Gasteiger partial charge is 1.00 e. The molecule has 0 saturated carbocycles. The van der Waals surface area contributed by atoms with Gasteiger partial charge in [0, 0.05) is 54.6 Å². The molecule has 2 N–H and O–H groups in total. The van der Waals surface area contributed by atoms with Crippen molar-refractivity contribution in [3.63, 3.8) is 0 Å². The van der Waals surface area contributed by atoms with Crippen molar-refractivity contribution < 1.29 is 40.4 Å². The molecule has 0 fully saturated rings. The molecule has 0 saturated heterocycles. The zero-order valence-corrected chi connectivity index (χ0v) is 26.8. The van der Waals surface area contributed by atoms with Crippen LogP contribution in [0.15, 0.2) is 60.5 Å². The first-order chi connectivity index (χ1) is 20.0. The number of nitrogens with one attached hydrogen (secondary N) is 1. The number of hydrogen-bond donors (Lipinski definition) is 2. The predicted molar refractivity (Wildman–Crippen MR) is 158 cm³/mol. The maximum absolute atomic E-state index is 15.2. The number of halogens is 4. The molecule has 0 radical (unpaired) electrons. The number of carbonyl (C=O) groups excluding carboxylic acids is 1. The second kappa shape index (κ2) is 15.9. The number of benzene rings is 2. The highest BCUT2D eigenvalue weighted by Crippen LogP contribution is 2.41. The fraction of sp³-hybridized carbons (Fsp3) is 0.345. The average Bonchev–Trinajstić information content (AvgIpc) is 3.67. The fourth-order valence-corrected chi connectivity index (χ4v) is 5.32. The summed E-state index contributed by atoms with van der Waals surface area (Å²) in [6.45, 7) is 4.16. The maximum Gasteiger partial charge on any atom is 0.412 e. The van der Waals surface area contributed by atoms with Crippen LogP contribution in [0.3, 0.4) is 0 Å². The Labute approximate surface area is 270 Å². The van der Waals surface area contributed by atoms with E-state index in [4.69, 9.17) is 10.00 Å². The molecule has 4 rings (SSSR count). The Bertz CT molecular complexity index is 1580. The molecule has 0 bridgehead atoms. The third-order valence-electron chi connectivity index (χ3n) is 7.02. The molecule has 0 spiro atoms. The van der Waals surface area contributed by atoms with Gasteiger partial charge in [-0.3, -0.25) is 0 Å². The molecule has 10 nitrogen and oxygen atoms in total. The number of likely N-dealkylation sites (N-methyl/N-ethyl adjacent to an activating group) is 2. The van der Waals surface area contributed by atoms with Crippen molar-refractivity contribution in [3.8, 4) is 17.3 Å². The van der Waals surface area contributed by atoms with Crippen LogP contribution in [0.5, 0.6) is 0 Å². The minimum absolute atomic E-state index is 0. The van der Waals surface area contributed by atoms with Gasteiger partial charge in [-0.05, 0) is 37.4 Å². The van der Waals surface area contributed by atoms with E-state index in [1.807, 2.05) is 0 Å². The topological polar surface area (TPSA) is 120 Å². The van der Waals surface area contributed by atoms with Crippen LogP contribution in [0, 0.1) is 23.0 Å². The predicted octanol–water partition coefficient (Wildman–Crippen LogP) is 1.37. The molecule has 0 aliphatic heterocycles. The Hall–Kier alpha value is -3.67. The number of amides is 1. The van der Waals surface area contributed by atoms with Crippen LogP contribution in [0.1, 0.15) is 42.1 Å². The number of ether oxygens (including phenoxy) is 1. The highest BCUT2D eigenvalue weighted by molar-refractivity contribution is 7.10. The molecule has 2 aromatic carbocycles. The third kappa shape index (κ3) is 8.28. The van der Waals surface area contributed by atoms with E-state index < -0.39 is 35.5 Å². The number of aliphatic hydroxyl groups is 1. The first-order valence-corrected chi connectivity index (χ1v) is 14.1. The van der Waals surface area contributed by atoms with Gasteiger partial charge in [-0.1, -0.05) is 19.1 Å². The van der Waals surface area contributed by atoms with Crippen molar-refractivity contribution in [1.82, 2.24) is 25.0 Å². The smallest absolute Gasteiger partial charge is 0.412 e. The summed E-state index contributed by atoms with van der Waals surface area (Å²) in [5, 5.41) is 30.7. The number of nitriles is 1. The summed E-state index contributed by atoms with van der Waals surface area (Å²) in [4.78, 5) is 18.5. The third-order valence-corrected chi connectivity index (χ3v) is 8.04. The maximum atomic E-state index is 15.2. The van der Waals surface area contributed by atoms with Crippen LogP contribution < -0.4 is 22.3 Å². The molecule has 4 aromatic rings. The van der Waals surface area contributed by atoms with E-state index in [9.17, 15) is 14.3 Å². The van der Waals surface area contributed by atoms with Gasteiger partial charge in [0.15, 0.2) is 0 Å². The molecule has 15 heteroatoms. The van der Waals surface area contributed by atoms with Crippen LogP contribution in [0.2, 0.25) is 0 Å². The standard InChI is InChI=1S/C29H32F2N7O3S.2ClH/c1-19(27-35-26(15-42-27)22-7-5-21(14-32)6-8-22)29(40,24-13-23(30)9-10-25(24)31)16-38-18-37(17-34-38)20(2)41-28(39)36(4)12-11-33-3;;/h5-10,13,15,17-20,33,40H,11-12,16H2,1-4H3;2*1H/q+1;;/p-1. The molecule has 1 amide bonds. The van der Waals surface area contributed by atoms with Crippen molar-refractivity contribution in [2.75, 3.05) is 27.2 Å². The van der Waals surface area contributed by atoms with Gasteiger partial charge >= 0.3 is 6.09 Å². The summed E-state index contributed by atoms with van der Waals surface area (Å²) >= 11 is 1.28. The Morgan fingerprint density at radius 2 is 1.98 bits per heavy atom. The van der Waals surface area contributed by atoms with Crippen molar-refractivity contribution in [3.05, 3.63) is 88.3 Å². The Kier molecular flexibility index (Phi) is 13.2. The minimum Gasteiger partial charge on any atom is -1.00 e. The van der Waals surface area contributed by atoms with Gasteiger partial charge < -0.3 is 32.5 Å². The molecular formula is C29H33Cl2F2N7O3S. The number of hydrogen-bond acceptors (Lipinski definition) is 8.